The largest absolute Gasteiger partial charge is 0.444 e. The zero-order chi connectivity index (χ0) is 19.3. The van der Waals surface area contributed by atoms with E-state index in [-0.39, 0.29) is 17.9 Å². The number of hydrazine groups is 1. The van der Waals surface area contributed by atoms with Crippen molar-refractivity contribution < 1.29 is 23.7 Å². The van der Waals surface area contributed by atoms with Crippen molar-refractivity contribution in [2.24, 2.45) is 0 Å². The number of benzene rings is 2. The van der Waals surface area contributed by atoms with Crippen LogP contribution >= 0.6 is 0 Å². The number of aliphatic hydroxyl groups is 2. The molecule has 0 aromatic heterocycles. The number of hydrogen-bond acceptors (Lipinski definition) is 6. The van der Waals surface area contributed by atoms with Crippen LogP contribution in [-0.4, -0.2) is 34.6 Å². The van der Waals surface area contributed by atoms with Gasteiger partial charge in [0.05, 0.1) is 17.5 Å². The number of aliphatic hydroxyl groups excluding tert-OH is 2. The number of fused-ring (bicyclic) bond motifs is 2. The first kappa shape index (κ1) is 18.0. The Kier molecular flexibility index (Phi) is 4.21. The molecule has 0 radical (unpaired) electrons. The van der Waals surface area contributed by atoms with Crippen LogP contribution in [-0.2, 0) is 13.1 Å². The predicted molar refractivity (Wildman–Crippen MR) is 96.4 cm³/mol. The third-order valence-corrected chi connectivity index (χ3v) is 4.94. The molecule has 2 aromatic carbocycles. The van der Waals surface area contributed by atoms with E-state index in [1.165, 1.54) is 17.9 Å². The normalized spacial score (nSPS) is 21.9. The fraction of sp³-hybridized carbons (Fsp3) is 0.368. The molecule has 0 bridgehead atoms. The number of halogens is 2. The SMILES string of the molecule is CC(O)c1cccc2c1OC(F)(F)C(O)N2Cc1cccc2c1CN(C)N2. The quantitative estimate of drug-likeness (QED) is 0.764. The molecule has 2 aromatic rings. The Bertz CT molecular complexity index is 875. The van der Waals surface area contributed by atoms with Crippen LogP contribution < -0.4 is 15.1 Å². The molecule has 8 heteroatoms. The van der Waals surface area contributed by atoms with Crippen LogP contribution in [0.3, 0.4) is 0 Å². The van der Waals surface area contributed by atoms with E-state index in [2.05, 4.69) is 5.43 Å². The second-order valence-corrected chi connectivity index (χ2v) is 6.95. The van der Waals surface area contributed by atoms with Gasteiger partial charge in [-0.25, -0.2) is 5.01 Å². The Balaban J connectivity index is 1.78. The van der Waals surface area contributed by atoms with Gasteiger partial charge in [0.2, 0.25) is 6.23 Å². The van der Waals surface area contributed by atoms with Crippen molar-refractivity contribution in [2.45, 2.75) is 38.5 Å². The summed E-state index contributed by atoms with van der Waals surface area (Å²) in [7, 11) is 1.89. The molecule has 2 unspecified atom stereocenters. The molecule has 2 atom stereocenters. The van der Waals surface area contributed by atoms with Gasteiger partial charge in [0, 0.05) is 25.7 Å². The van der Waals surface area contributed by atoms with Gasteiger partial charge in [0.1, 0.15) is 0 Å². The molecular weight excluding hydrogens is 356 g/mol. The molecule has 0 spiro atoms. The topological polar surface area (TPSA) is 68.2 Å². The zero-order valence-corrected chi connectivity index (χ0v) is 15.0. The second kappa shape index (κ2) is 6.33. The highest BCUT2D eigenvalue weighted by Gasteiger charge is 2.51. The van der Waals surface area contributed by atoms with E-state index in [9.17, 15) is 19.0 Å². The van der Waals surface area contributed by atoms with Crippen LogP contribution in [0.25, 0.3) is 0 Å². The van der Waals surface area contributed by atoms with Crippen molar-refractivity contribution in [3.05, 3.63) is 53.1 Å². The highest BCUT2D eigenvalue weighted by molar-refractivity contribution is 5.66. The predicted octanol–water partition coefficient (Wildman–Crippen LogP) is 2.82. The van der Waals surface area contributed by atoms with E-state index in [4.69, 9.17) is 4.74 Å². The van der Waals surface area contributed by atoms with Crippen LogP contribution in [0, 0.1) is 0 Å². The molecule has 2 aliphatic rings. The first-order valence-electron chi connectivity index (χ1n) is 8.69. The van der Waals surface area contributed by atoms with Gasteiger partial charge in [-0.2, -0.15) is 8.78 Å². The molecule has 0 aliphatic carbocycles. The number of rotatable bonds is 3. The Morgan fingerprint density at radius 1 is 1.30 bits per heavy atom. The minimum atomic E-state index is -3.80. The summed E-state index contributed by atoms with van der Waals surface area (Å²) in [5.41, 5.74) is 6.51. The molecule has 3 N–H and O–H groups in total. The summed E-state index contributed by atoms with van der Waals surface area (Å²) in [4.78, 5) is 1.22. The van der Waals surface area contributed by atoms with Crippen molar-refractivity contribution in [3.63, 3.8) is 0 Å². The molecule has 0 saturated carbocycles. The van der Waals surface area contributed by atoms with E-state index in [1.54, 1.807) is 12.1 Å². The molecule has 6 nitrogen and oxygen atoms in total. The number of nitrogens with zero attached hydrogens (tertiary/aromatic N) is 2. The van der Waals surface area contributed by atoms with Crippen LogP contribution in [0.2, 0.25) is 0 Å². The molecule has 0 fully saturated rings. The van der Waals surface area contributed by atoms with Crippen LogP contribution in [0.5, 0.6) is 5.75 Å². The first-order valence-corrected chi connectivity index (χ1v) is 8.69. The number of hydrogen-bond donors (Lipinski definition) is 3. The average molecular weight is 377 g/mol. The van der Waals surface area contributed by atoms with E-state index in [0.29, 0.717) is 12.2 Å². The lowest BCUT2D eigenvalue weighted by Crippen LogP contribution is -2.54. The molecule has 4 rings (SSSR count). The standard InChI is InChI=1S/C19H21F2N3O3/c1-11(25)13-6-4-8-16-17(13)27-19(20,21)18(26)24(16)9-12-5-3-7-15-14(12)10-23(2)22-15/h3-8,11,18,22,25-26H,9-10H2,1-2H3. The minimum Gasteiger partial charge on any atom is -0.427 e. The minimum absolute atomic E-state index is 0.0784. The lowest BCUT2D eigenvalue weighted by Gasteiger charge is -2.41. The van der Waals surface area contributed by atoms with Gasteiger partial charge in [-0.05, 0) is 30.2 Å². The molecule has 144 valence electrons. The maximum absolute atomic E-state index is 14.4. The molecule has 27 heavy (non-hydrogen) atoms. The van der Waals surface area contributed by atoms with Gasteiger partial charge in [-0.15, -0.1) is 0 Å². The van der Waals surface area contributed by atoms with Crippen LogP contribution in [0.4, 0.5) is 20.2 Å². The molecule has 2 heterocycles. The number of para-hydroxylation sites is 1. The van der Waals surface area contributed by atoms with Crippen molar-refractivity contribution in [2.75, 3.05) is 17.4 Å². The second-order valence-electron chi connectivity index (χ2n) is 6.95. The summed E-state index contributed by atoms with van der Waals surface area (Å²) < 4.78 is 33.6. The van der Waals surface area contributed by atoms with Crippen LogP contribution in [0.15, 0.2) is 36.4 Å². The van der Waals surface area contributed by atoms with Gasteiger partial charge < -0.3 is 25.3 Å². The fourth-order valence-corrected chi connectivity index (χ4v) is 3.62. The smallest absolute Gasteiger partial charge is 0.427 e. The molecule has 2 aliphatic heterocycles. The van der Waals surface area contributed by atoms with Gasteiger partial charge in [0.25, 0.3) is 0 Å². The van der Waals surface area contributed by atoms with Crippen LogP contribution in [0.1, 0.15) is 29.7 Å². The summed E-state index contributed by atoms with van der Waals surface area (Å²) >= 11 is 0. The fourth-order valence-electron chi connectivity index (χ4n) is 3.62. The Morgan fingerprint density at radius 2 is 2.04 bits per heavy atom. The van der Waals surface area contributed by atoms with E-state index in [0.717, 1.165) is 16.8 Å². The molecule has 0 saturated heterocycles. The number of ether oxygens (including phenoxy) is 1. The first-order chi connectivity index (χ1) is 12.8. The maximum Gasteiger partial charge on any atom is 0.444 e. The number of anilines is 2. The Hall–Kier alpha value is -2.42. The van der Waals surface area contributed by atoms with E-state index >= 15 is 0 Å². The van der Waals surface area contributed by atoms with E-state index < -0.39 is 18.4 Å². The monoisotopic (exact) mass is 377 g/mol. The third kappa shape index (κ3) is 2.99. The Morgan fingerprint density at radius 3 is 2.78 bits per heavy atom. The zero-order valence-electron chi connectivity index (χ0n) is 15.0. The molecule has 0 amide bonds. The Labute approximate surface area is 155 Å². The highest BCUT2D eigenvalue weighted by Crippen LogP contribution is 2.46. The van der Waals surface area contributed by atoms with Crippen molar-refractivity contribution in [1.29, 1.82) is 0 Å². The summed E-state index contributed by atoms with van der Waals surface area (Å²) in [6.45, 7) is 2.19. The lowest BCUT2D eigenvalue weighted by atomic mass is 10.0. The number of nitrogens with one attached hydrogen (secondary N) is 1. The van der Waals surface area contributed by atoms with Gasteiger partial charge in [0.15, 0.2) is 5.75 Å². The van der Waals surface area contributed by atoms with Gasteiger partial charge in [-0.3, -0.25) is 0 Å². The van der Waals surface area contributed by atoms with Gasteiger partial charge >= 0.3 is 6.11 Å². The summed E-state index contributed by atoms with van der Waals surface area (Å²) in [5, 5.41) is 22.1. The average Bonchev–Trinajstić information content (AvgIpc) is 2.99. The summed E-state index contributed by atoms with van der Waals surface area (Å²) in [6.07, 6.45) is -6.92. The summed E-state index contributed by atoms with van der Waals surface area (Å²) in [6, 6.07) is 10.4. The number of alkyl halides is 2. The van der Waals surface area contributed by atoms with E-state index in [1.807, 2.05) is 30.3 Å². The highest BCUT2D eigenvalue weighted by atomic mass is 19.3. The molecular formula is C19H21F2N3O3. The maximum atomic E-state index is 14.4. The van der Waals surface area contributed by atoms with Crippen molar-refractivity contribution in [1.82, 2.24) is 5.01 Å². The van der Waals surface area contributed by atoms with Crippen molar-refractivity contribution >= 4 is 11.4 Å². The van der Waals surface area contributed by atoms with Gasteiger partial charge in [-0.1, -0.05) is 24.3 Å². The lowest BCUT2D eigenvalue weighted by molar-refractivity contribution is -0.246. The summed E-state index contributed by atoms with van der Waals surface area (Å²) in [5.74, 6) is -0.106. The van der Waals surface area contributed by atoms with Crippen molar-refractivity contribution in [3.8, 4) is 5.75 Å². The third-order valence-electron chi connectivity index (χ3n) is 4.94.